The van der Waals surface area contributed by atoms with E-state index in [1.165, 1.54) is 0 Å². The van der Waals surface area contributed by atoms with Gasteiger partial charge in [-0.2, -0.15) is 5.26 Å². The Morgan fingerprint density at radius 3 is 2.31 bits per heavy atom. The SMILES string of the molecule is N#Cc1c(Br)cc(C(N)=O)c(C(N)=O)c1F. The molecular weight excluding hydrogens is 281 g/mol. The van der Waals surface area contributed by atoms with E-state index in [4.69, 9.17) is 16.7 Å². The normalized spacial score (nSPS) is 9.56. The van der Waals surface area contributed by atoms with Crippen molar-refractivity contribution in [2.24, 2.45) is 11.5 Å². The molecule has 1 aromatic rings. The average molecular weight is 286 g/mol. The molecule has 1 rings (SSSR count). The van der Waals surface area contributed by atoms with Crippen LogP contribution in [0.25, 0.3) is 0 Å². The molecule has 82 valence electrons. The Kier molecular flexibility index (Phi) is 3.25. The number of rotatable bonds is 2. The van der Waals surface area contributed by atoms with Crippen molar-refractivity contribution in [1.82, 2.24) is 0 Å². The molecule has 7 heteroatoms. The summed E-state index contributed by atoms with van der Waals surface area (Å²) in [7, 11) is 0. The molecule has 1 aromatic carbocycles. The Hall–Kier alpha value is -1.94. The van der Waals surface area contributed by atoms with Gasteiger partial charge >= 0.3 is 0 Å². The van der Waals surface area contributed by atoms with Crippen molar-refractivity contribution in [1.29, 1.82) is 5.26 Å². The van der Waals surface area contributed by atoms with E-state index in [1.54, 1.807) is 6.07 Å². The first kappa shape index (κ1) is 12.1. The molecule has 0 aliphatic rings. The van der Waals surface area contributed by atoms with Crippen molar-refractivity contribution >= 4 is 27.7 Å². The van der Waals surface area contributed by atoms with Gasteiger partial charge in [0.25, 0.3) is 5.91 Å². The molecule has 0 atom stereocenters. The van der Waals surface area contributed by atoms with E-state index < -0.39 is 28.8 Å². The number of nitrogens with zero attached hydrogens (tertiary/aromatic N) is 1. The largest absolute Gasteiger partial charge is 0.366 e. The fourth-order valence-corrected chi connectivity index (χ4v) is 1.65. The van der Waals surface area contributed by atoms with Crippen LogP contribution in [0.4, 0.5) is 4.39 Å². The molecule has 0 aliphatic heterocycles. The van der Waals surface area contributed by atoms with Crippen molar-refractivity contribution in [3.63, 3.8) is 0 Å². The molecule has 2 amide bonds. The molecule has 0 aliphatic carbocycles. The molecule has 0 saturated heterocycles. The summed E-state index contributed by atoms with van der Waals surface area (Å²) in [5.74, 6) is -3.31. The molecule has 0 aromatic heterocycles. The standard InChI is InChI=1S/C9H5BrFN3O2/c10-5-1-3(8(13)15)6(9(14)16)7(11)4(5)2-12/h1H,(H2,13,15)(H2,14,16). The monoisotopic (exact) mass is 285 g/mol. The van der Waals surface area contributed by atoms with Crippen molar-refractivity contribution < 1.29 is 14.0 Å². The van der Waals surface area contributed by atoms with Crippen LogP contribution in [-0.4, -0.2) is 11.8 Å². The first-order valence-electron chi connectivity index (χ1n) is 3.91. The summed E-state index contributed by atoms with van der Waals surface area (Å²) in [4.78, 5) is 22.0. The van der Waals surface area contributed by atoms with Gasteiger partial charge in [0.1, 0.15) is 11.6 Å². The summed E-state index contributed by atoms with van der Waals surface area (Å²) in [6.45, 7) is 0. The van der Waals surface area contributed by atoms with Crippen LogP contribution in [0, 0.1) is 17.1 Å². The molecular formula is C9H5BrFN3O2. The van der Waals surface area contributed by atoms with Crippen LogP contribution in [0.15, 0.2) is 10.5 Å². The van der Waals surface area contributed by atoms with Crippen molar-refractivity contribution in [2.45, 2.75) is 0 Å². The lowest BCUT2D eigenvalue weighted by atomic mass is 10.0. The molecule has 0 saturated carbocycles. The smallest absolute Gasteiger partial charge is 0.252 e. The number of halogens is 2. The molecule has 0 unspecified atom stereocenters. The Labute approximate surface area is 98.0 Å². The molecule has 0 heterocycles. The van der Waals surface area contributed by atoms with Crippen LogP contribution < -0.4 is 11.5 Å². The van der Waals surface area contributed by atoms with E-state index in [0.717, 1.165) is 6.07 Å². The number of benzene rings is 1. The minimum Gasteiger partial charge on any atom is -0.366 e. The summed E-state index contributed by atoms with van der Waals surface area (Å²) < 4.78 is 13.7. The van der Waals surface area contributed by atoms with Crippen LogP contribution in [0.5, 0.6) is 0 Å². The number of hydrogen-bond donors (Lipinski definition) is 2. The van der Waals surface area contributed by atoms with E-state index in [9.17, 15) is 14.0 Å². The third-order valence-electron chi connectivity index (χ3n) is 1.84. The van der Waals surface area contributed by atoms with Crippen molar-refractivity contribution in [3.8, 4) is 6.07 Å². The number of hydrogen-bond acceptors (Lipinski definition) is 3. The summed E-state index contributed by atoms with van der Waals surface area (Å²) in [6.07, 6.45) is 0. The Morgan fingerprint density at radius 2 is 1.94 bits per heavy atom. The topological polar surface area (TPSA) is 110 Å². The highest BCUT2D eigenvalue weighted by Gasteiger charge is 2.23. The van der Waals surface area contributed by atoms with E-state index in [0.29, 0.717) is 0 Å². The van der Waals surface area contributed by atoms with Crippen LogP contribution >= 0.6 is 15.9 Å². The first-order valence-corrected chi connectivity index (χ1v) is 4.71. The lowest BCUT2D eigenvalue weighted by Gasteiger charge is -2.07. The van der Waals surface area contributed by atoms with Gasteiger partial charge in [-0.25, -0.2) is 4.39 Å². The van der Waals surface area contributed by atoms with Crippen LogP contribution in [0.1, 0.15) is 26.3 Å². The van der Waals surface area contributed by atoms with Gasteiger partial charge in [-0.05, 0) is 22.0 Å². The fourth-order valence-electron chi connectivity index (χ4n) is 1.16. The quantitative estimate of drug-likeness (QED) is 0.832. The number of amides is 2. The molecule has 0 spiro atoms. The van der Waals surface area contributed by atoms with Crippen LogP contribution in [-0.2, 0) is 0 Å². The maximum atomic E-state index is 13.6. The van der Waals surface area contributed by atoms with Gasteiger partial charge in [0, 0.05) is 4.47 Å². The fraction of sp³-hybridized carbons (Fsp3) is 0. The predicted octanol–water partition coefficient (Wildman–Crippen LogP) is 0.658. The molecule has 5 nitrogen and oxygen atoms in total. The van der Waals surface area contributed by atoms with Gasteiger partial charge in [0.2, 0.25) is 5.91 Å². The lowest BCUT2D eigenvalue weighted by Crippen LogP contribution is -2.23. The maximum absolute atomic E-state index is 13.6. The van der Waals surface area contributed by atoms with Gasteiger partial charge in [-0.15, -0.1) is 0 Å². The third kappa shape index (κ3) is 1.87. The number of nitrogens with two attached hydrogens (primary N) is 2. The number of nitriles is 1. The van der Waals surface area contributed by atoms with Gasteiger partial charge in [0.15, 0.2) is 5.82 Å². The highest BCUT2D eigenvalue weighted by Crippen LogP contribution is 2.25. The third-order valence-corrected chi connectivity index (χ3v) is 2.47. The highest BCUT2D eigenvalue weighted by molar-refractivity contribution is 9.10. The second kappa shape index (κ2) is 4.28. The minimum atomic E-state index is -1.16. The van der Waals surface area contributed by atoms with Gasteiger partial charge in [-0.1, -0.05) is 0 Å². The highest BCUT2D eigenvalue weighted by atomic mass is 79.9. The number of carbonyl (C=O) groups excluding carboxylic acids is 2. The van der Waals surface area contributed by atoms with Crippen LogP contribution in [0.2, 0.25) is 0 Å². The zero-order chi connectivity index (χ0) is 12.5. The number of primary amides is 2. The van der Waals surface area contributed by atoms with E-state index in [-0.39, 0.29) is 10.0 Å². The summed E-state index contributed by atoms with van der Waals surface area (Å²) in [5, 5.41) is 8.65. The summed E-state index contributed by atoms with van der Waals surface area (Å²) in [6, 6.07) is 2.63. The maximum Gasteiger partial charge on any atom is 0.252 e. The van der Waals surface area contributed by atoms with Gasteiger partial charge in [0.05, 0.1) is 11.1 Å². The Balaban J connectivity index is 3.74. The molecule has 0 radical (unpaired) electrons. The Bertz CT molecular complexity index is 537. The zero-order valence-electron chi connectivity index (χ0n) is 7.75. The van der Waals surface area contributed by atoms with Gasteiger partial charge in [-0.3, -0.25) is 9.59 Å². The summed E-state index contributed by atoms with van der Waals surface area (Å²) in [5.41, 5.74) is 8.44. The molecule has 0 bridgehead atoms. The molecule has 16 heavy (non-hydrogen) atoms. The summed E-state index contributed by atoms with van der Waals surface area (Å²) >= 11 is 2.89. The second-order valence-electron chi connectivity index (χ2n) is 2.81. The molecule has 4 N–H and O–H groups in total. The number of carbonyl (C=O) groups is 2. The first-order chi connectivity index (χ1) is 7.40. The lowest BCUT2D eigenvalue weighted by molar-refractivity contribution is 0.0963. The van der Waals surface area contributed by atoms with Gasteiger partial charge < -0.3 is 11.5 Å². The predicted molar refractivity (Wildman–Crippen MR) is 55.9 cm³/mol. The van der Waals surface area contributed by atoms with Crippen LogP contribution in [0.3, 0.4) is 0 Å². The van der Waals surface area contributed by atoms with E-state index >= 15 is 0 Å². The molecule has 0 fully saturated rings. The van der Waals surface area contributed by atoms with Crippen molar-refractivity contribution in [3.05, 3.63) is 33.0 Å². The average Bonchev–Trinajstić information content (AvgIpc) is 2.16. The van der Waals surface area contributed by atoms with Crippen molar-refractivity contribution in [2.75, 3.05) is 0 Å². The zero-order valence-corrected chi connectivity index (χ0v) is 9.34. The second-order valence-corrected chi connectivity index (χ2v) is 3.66. The van der Waals surface area contributed by atoms with E-state index in [1.807, 2.05) is 0 Å². The minimum absolute atomic E-state index is 0.0336. The van der Waals surface area contributed by atoms with E-state index in [2.05, 4.69) is 15.9 Å². The Morgan fingerprint density at radius 1 is 1.38 bits per heavy atom.